The Morgan fingerprint density at radius 3 is 2.26 bits per heavy atom. The quantitative estimate of drug-likeness (QED) is 0.900. The Morgan fingerprint density at radius 1 is 1.05 bits per heavy atom. The summed E-state index contributed by atoms with van der Waals surface area (Å²) in [5.41, 5.74) is 10.5. The number of likely N-dealkylation sites (tertiary alicyclic amines) is 1. The van der Waals surface area contributed by atoms with Gasteiger partial charge in [0.1, 0.15) is 0 Å². The first-order chi connectivity index (χ1) is 8.93. The molecule has 2 N–H and O–H groups in total. The number of benzene rings is 1. The van der Waals surface area contributed by atoms with E-state index < -0.39 is 0 Å². The van der Waals surface area contributed by atoms with Gasteiger partial charge in [-0.1, -0.05) is 24.6 Å². The van der Waals surface area contributed by atoms with Crippen LogP contribution in [0.25, 0.3) is 0 Å². The average molecular weight is 260 g/mol. The van der Waals surface area contributed by atoms with Crippen molar-refractivity contribution in [2.75, 3.05) is 13.1 Å². The van der Waals surface area contributed by atoms with Crippen LogP contribution in [0, 0.1) is 13.8 Å². The molecule has 1 aromatic carbocycles. The van der Waals surface area contributed by atoms with Gasteiger partial charge in [-0.25, -0.2) is 0 Å². The Hall–Kier alpha value is -0.860. The van der Waals surface area contributed by atoms with Gasteiger partial charge in [0.2, 0.25) is 0 Å². The molecular formula is C17H28N2. The van der Waals surface area contributed by atoms with Crippen LogP contribution in [-0.2, 0) is 0 Å². The van der Waals surface area contributed by atoms with E-state index in [1.54, 1.807) is 0 Å². The molecule has 1 fully saturated rings. The molecule has 1 heterocycles. The highest BCUT2D eigenvalue weighted by Crippen LogP contribution is 2.32. The molecule has 1 aliphatic rings. The predicted molar refractivity (Wildman–Crippen MR) is 82.3 cm³/mol. The van der Waals surface area contributed by atoms with E-state index in [1.807, 2.05) is 0 Å². The topological polar surface area (TPSA) is 29.3 Å². The van der Waals surface area contributed by atoms with Gasteiger partial charge in [0, 0.05) is 11.6 Å². The minimum absolute atomic E-state index is 0.0299. The van der Waals surface area contributed by atoms with E-state index in [2.05, 4.69) is 50.8 Å². The lowest BCUT2D eigenvalue weighted by atomic mass is 9.85. The molecule has 0 amide bonds. The molecule has 2 rings (SSSR count). The molecule has 106 valence electrons. The number of rotatable bonds is 3. The van der Waals surface area contributed by atoms with Crippen LogP contribution in [0.5, 0.6) is 0 Å². The number of nitrogens with two attached hydrogens (primary N) is 1. The predicted octanol–water partition coefficient (Wildman–Crippen LogP) is 3.57. The van der Waals surface area contributed by atoms with Crippen LogP contribution in [0.4, 0.5) is 0 Å². The van der Waals surface area contributed by atoms with E-state index in [0.717, 1.165) is 0 Å². The summed E-state index contributed by atoms with van der Waals surface area (Å²) in [5, 5.41) is 0. The van der Waals surface area contributed by atoms with Crippen molar-refractivity contribution in [1.29, 1.82) is 0 Å². The average Bonchev–Trinajstić information content (AvgIpc) is 2.42. The van der Waals surface area contributed by atoms with Crippen molar-refractivity contribution in [3.05, 3.63) is 34.9 Å². The van der Waals surface area contributed by atoms with Crippen molar-refractivity contribution < 1.29 is 0 Å². The lowest BCUT2D eigenvalue weighted by molar-refractivity contribution is 0.0729. The molecule has 2 nitrogen and oxygen atoms in total. The third-order valence-corrected chi connectivity index (χ3v) is 4.82. The largest absolute Gasteiger partial charge is 0.322 e. The first-order valence-corrected chi connectivity index (χ1v) is 7.50. The Bertz CT molecular complexity index is 431. The van der Waals surface area contributed by atoms with Crippen LogP contribution in [-0.4, -0.2) is 23.5 Å². The molecule has 0 radical (unpaired) electrons. The van der Waals surface area contributed by atoms with Crippen LogP contribution < -0.4 is 5.73 Å². The molecule has 1 atom stereocenters. The van der Waals surface area contributed by atoms with Crippen molar-refractivity contribution in [1.82, 2.24) is 4.90 Å². The number of aryl methyl sites for hydroxylation is 2. The van der Waals surface area contributed by atoms with Gasteiger partial charge in [0.25, 0.3) is 0 Å². The fraction of sp³-hybridized carbons (Fsp3) is 0.647. The molecular weight excluding hydrogens is 232 g/mol. The van der Waals surface area contributed by atoms with Crippen LogP contribution >= 0.6 is 0 Å². The van der Waals surface area contributed by atoms with Gasteiger partial charge in [-0.2, -0.15) is 0 Å². The molecule has 1 unspecified atom stereocenters. The first-order valence-electron chi connectivity index (χ1n) is 7.50. The Balaban J connectivity index is 2.20. The zero-order valence-corrected chi connectivity index (χ0v) is 12.9. The Kier molecular flexibility index (Phi) is 4.32. The molecule has 1 saturated heterocycles. The summed E-state index contributed by atoms with van der Waals surface area (Å²) in [4.78, 5) is 2.57. The zero-order valence-electron chi connectivity index (χ0n) is 12.9. The molecule has 0 saturated carbocycles. The monoisotopic (exact) mass is 260 g/mol. The minimum Gasteiger partial charge on any atom is -0.322 e. The third kappa shape index (κ3) is 3.01. The van der Waals surface area contributed by atoms with Gasteiger partial charge in [0.05, 0.1) is 0 Å². The smallest absolute Gasteiger partial charge is 0.0476 e. The number of piperidine rings is 1. The van der Waals surface area contributed by atoms with E-state index in [-0.39, 0.29) is 11.6 Å². The van der Waals surface area contributed by atoms with E-state index in [9.17, 15) is 0 Å². The Labute approximate surface area is 118 Å². The van der Waals surface area contributed by atoms with Crippen LogP contribution in [0.2, 0.25) is 0 Å². The maximum absolute atomic E-state index is 6.58. The SMILES string of the molecule is Cc1ccc(C(N)C(C)(C)N2CCCCC2)cc1C. The molecule has 1 aromatic rings. The van der Waals surface area contributed by atoms with Gasteiger partial charge >= 0.3 is 0 Å². The second kappa shape index (κ2) is 5.64. The van der Waals surface area contributed by atoms with Gasteiger partial charge in [-0.3, -0.25) is 4.90 Å². The summed E-state index contributed by atoms with van der Waals surface area (Å²) < 4.78 is 0. The highest BCUT2D eigenvalue weighted by Gasteiger charge is 2.34. The summed E-state index contributed by atoms with van der Waals surface area (Å²) in [5.74, 6) is 0. The summed E-state index contributed by atoms with van der Waals surface area (Å²) in [6.45, 7) is 11.3. The summed E-state index contributed by atoms with van der Waals surface area (Å²) >= 11 is 0. The Morgan fingerprint density at radius 2 is 1.68 bits per heavy atom. The van der Waals surface area contributed by atoms with Crippen molar-refractivity contribution in [2.45, 2.75) is 58.5 Å². The summed E-state index contributed by atoms with van der Waals surface area (Å²) in [6.07, 6.45) is 3.98. The van der Waals surface area contributed by atoms with Gasteiger partial charge < -0.3 is 5.73 Å². The second-order valence-corrected chi connectivity index (χ2v) is 6.52. The van der Waals surface area contributed by atoms with Crippen molar-refractivity contribution >= 4 is 0 Å². The standard InChI is InChI=1S/C17H28N2/c1-13-8-9-15(12-14(13)2)16(18)17(3,4)19-10-6-5-7-11-19/h8-9,12,16H,5-7,10-11,18H2,1-4H3. The van der Waals surface area contributed by atoms with Crippen molar-refractivity contribution in [3.63, 3.8) is 0 Å². The maximum Gasteiger partial charge on any atom is 0.0476 e. The van der Waals surface area contributed by atoms with Gasteiger partial charge in [-0.05, 0) is 70.3 Å². The van der Waals surface area contributed by atoms with Gasteiger partial charge in [0.15, 0.2) is 0 Å². The molecule has 1 aliphatic heterocycles. The van der Waals surface area contributed by atoms with Gasteiger partial charge in [-0.15, -0.1) is 0 Å². The maximum atomic E-state index is 6.58. The van der Waals surface area contributed by atoms with E-state index in [0.29, 0.717) is 0 Å². The summed E-state index contributed by atoms with van der Waals surface area (Å²) in [6, 6.07) is 6.71. The minimum atomic E-state index is 0.0299. The zero-order chi connectivity index (χ0) is 14.0. The van der Waals surface area contributed by atoms with E-state index in [4.69, 9.17) is 5.73 Å². The van der Waals surface area contributed by atoms with E-state index >= 15 is 0 Å². The molecule has 0 spiro atoms. The molecule has 19 heavy (non-hydrogen) atoms. The van der Waals surface area contributed by atoms with Crippen molar-refractivity contribution in [3.8, 4) is 0 Å². The van der Waals surface area contributed by atoms with Crippen LogP contribution in [0.15, 0.2) is 18.2 Å². The number of hydrogen-bond acceptors (Lipinski definition) is 2. The van der Waals surface area contributed by atoms with Crippen LogP contribution in [0.1, 0.15) is 55.8 Å². The van der Waals surface area contributed by atoms with Crippen molar-refractivity contribution in [2.24, 2.45) is 5.73 Å². The third-order valence-electron chi connectivity index (χ3n) is 4.82. The molecule has 2 heteroatoms. The fourth-order valence-corrected chi connectivity index (χ4v) is 3.03. The summed E-state index contributed by atoms with van der Waals surface area (Å²) in [7, 11) is 0. The normalized spacial score (nSPS) is 19.4. The number of nitrogens with zero attached hydrogens (tertiary/aromatic N) is 1. The fourth-order valence-electron chi connectivity index (χ4n) is 3.03. The molecule has 0 bridgehead atoms. The highest BCUT2D eigenvalue weighted by atomic mass is 15.2. The molecule has 0 aromatic heterocycles. The lowest BCUT2D eigenvalue weighted by Crippen LogP contribution is -2.53. The first kappa shape index (κ1) is 14.5. The molecule has 0 aliphatic carbocycles. The lowest BCUT2D eigenvalue weighted by Gasteiger charge is -2.45. The highest BCUT2D eigenvalue weighted by molar-refractivity contribution is 5.33. The van der Waals surface area contributed by atoms with E-state index in [1.165, 1.54) is 49.0 Å². The number of hydrogen-bond donors (Lipinski definition) is 1. The second-order valence-electron chi connectivity index (χ2n) is 6.52. The van der Waals surface area contributed by atoms with Crippen LogP contribution in [0.3, 0.4) is 0 Å².